The number of rotatable bonds is 3. The number of hydrogen-bond acceptors (Lipinski definition) is 2. The molecule has 5 heteroatoms. The van der Waals surface area contributed by atoms with E-state index in [0.29, 0.717) is 0 Å². The molecule has 1 heterocycles. The van der Waals surface area contributed by atoms with Gasteiger partial charge in [-0.1, -0.05) is 6.08 Å². The van der Waals surface area contributed by atoms with Crippen LogP contribution in [0.4, 0.5) is 8.78 Å². The first-order chi connectivity index (χ1) is 9.04. The van der Waals surface area contributed by atoms with Crippen molar-refractivity contribution in [1.29, 1.82) is 0 Å². The number of halogens is 2. The molecule has 0 spiro atoms. The first kappa shape index (κ1) is 12.9. The van der Waals surface area contributed by atoms with E-state index in [9.17, 15) is 18.4 Å². The number of carbonyl (C=O) groups excluding carboxylic acids is 1. The van der Waals surface area contributed by atoms with Crippen LogP contribution in [0.1, 0.15) is 15.9 Å². The number of allylic oxidation sites excluding steroid dienone is 1. The van der Waals surface area contributed by atoms with Crippen LogP contribution in [0.25, 0.3) is 6.08 Å². The number of benzene rings is 1. The van der Waals surface area contributed by atoms with E-state index in [2.05, 4.69) is 4.98 Å². The van der Waals surface area contributed by atoms with Crippen LogP contribution in [0.2, 0.25) is 0 Å². The summed E-state index contributed by atoms with van der Waals surface area (Å²) in [5, 5.41) is 0. The highest BCUT2D eigenvalue weighted by molar-refractivity contribution is 6.06. The molecule has 3 nitrogen and oxygen atoms in total. The maximum absolute atomic E-state index is 12.9. The molecular formula is C14H9F2NO2. The van der Waals surface area contributed by atoms with Gasteiger partial charge in [0.05, 0.1) is 0 Å². The molecule has 0 saturated carbocycles. The molecule has 19 heavy (non-hydrogen) atoms. The molecule has 0 radical (unpaired) electrons. The summed E-state index contributed by atoms with van der Waals surface area (Å²) in [4.78, 5) is 24.9. The highest BCUT2D eigenvalue weighted by Gasteiger charge is 2.02. The molecule has 0 saturated heterocycles. The lowest BCUT2D eigenvalue weighted by Crippen LogP contribution is -2.05. The average molecular weight is 261 g/mol. The molecule has 96 valence electrons. The fraction of sp³-hybridized carbons (Fsp3) is 0. The van der Waals surface area contributed by atoms with Crippen molar-refractivity contribution in [3.63, 3.8) is 0 Å². The minimum atomic E-state index is -0.712. The number of H-pyrrole nitrogens is 1. The van der Waals surface area contributed by atoms with Gasteiger partial charge in [0.2, 0.25) is 5.56 Å². The predicted octanol–water partition coefficient (Wildman–Crippen LogP) is 2.55. The van der Waals surface area contributed by atoms with E-state index in [1.165, 1.54) is 30.5 Å². The summed E-state index contributed by atoms with van der Waals surface area (Å²) in [6.45, 7) is 0. The Hall–Kier alpha value is -2.56. The van der Waals surface area contributed by atoms with Crippen LogP contribution in [0, 0.1) is 11.6 Å². The molecule has 1 N–H and O–H groups in total. The van der Waals surface area contributed by atoms with Crippen molar-refractivity contribution >= 4 is 11.9 Å². The average Bonchev–Trinajstić information content (AvgIpc) is 2.36. The van der Waals surface area contributed by atoms with E-state index < -0.39 is 11.6 Å². The number of nitrogens with one attached hydrogen (secondary N) is 1. The summed E-state index contributed by atoms with van der Waals surface area (Å²) >= 11 is 0. The minimum Gasteiger partial charge on any atom is -0.328 e. The van der Waals surface area contributed by atoms with Crippen LogP contribution >= 0.6 is 0 Å². The van der Waals surface area contributed by atoms with Crippen LogP contribution in [-0.4, -0.2) is 10.8 Å². The normalized spacial score (nSPS) is 10.8. The predicted molar refractivity (Wildman–Crippen MR) is 66.8 cm³/mol. The number of aromatic nitrogens is 1. The molecular weight excluding hydrogens is 252 g/mol. The lowest BCUT2D eigenvalue weighted by atomic mass is 10.1. The topological polar surface area (TPSA) is 49.9 Å². The first-order valence-electron chi connectivity index (χ1n) is 5.42. The van der Waals surface area contributed by atoms with Crippen LogP contribution in [0.3, 0.4) is 0 Å². The van der Waals surface area contributed by atoms with E-state index in [0.717, 1.165) is 18.2 Å². The highest BCUT2D eigenvalue weighted by atomic mass is 19.1. The zero-order valence-corrected chi connectivity index (χ0v) is 9.69. The van der Waals surface area contributed by atoms with Crippen molar-refractivity contribution in [3.05, 3.63) is 75.7 Å². The molecule has 0 bridgehead atoms. The van der Waals surface area contributed by atoms with Crippen molar-refractivity contribution in [1.82, 2.24) is 4.98 Å². The zero-order chi connectivity index (χ0) is 13.8. The largest absolute Gasteiger partial charge is 0.328 e. The second-order valence-electron chi connectivity index (χ2n) is 3.84. The summed E-state index contributed by atoms with van der Waals surface area (Å²) in [7, 11) is 0. The molecule has 0 fully saturated rings. The second-order valence-corrected chi connectivity index (χ2v) is 3.84. The third-order valence-corrected chi connectivity index (χ3v) is 2.38. The van der Waals surface area contributed by atoms with Gasteiger partial charge in [0.15, 0.2) is 5.78 Å². The van der Waals surface area contributed by atoms with Crippen molar-refractivity contribution in [2.75, 3.05) is 0 Å². The van der Waals surface area contributed by atoms with Crippen molar-refractivity contribution < 1.29 is 13.6 Å². The Labute approximate surface area is 107 Å². The zero-order valence-electron chi connectivity index (χ0n) is 9.69. The molecule has 0 amide bonds. The lowest BCUT2D eigenvalue weighted by Gasteiger charge is -1.96. The Kier molecular flexibility index (Phi) is 3.66. The maximum atomic E-state index is 12.9. The summed E-state index contributed by atoms with van der Waals surface area (Å²) in [6, 6.07) is 5.57. The molecule has 2 rings (SSSR count). The van der Waals surface area contributed by atoms with E-state index in [1.54, 1.807) is 0 Å². The Morgan fingerprint density at radius 2 is 1.79 bits per heavy atom. The van der Waals surface area contributed by atoms with Crippen molar-refractivity contribution in [2.24, 2.45) is 0 Å². The van der Waals surface area contributed by atoms with Gasteiger partial charge in [0, 0.05) is 23.9 Å². The monoisotopic (exact) mass is 261 g/mol. The standard InChI is InChI=1S/C14H9F2NO2/c15-11-5-9(6-12(16)7-11)1-3-13(18)10-2-4-14(19)17-8-10/h1-8H,(H,17,19)/b3-1+. The Balaban J connectivity index is 2.20. The van der Waals surface area contributed by atoms with Gasteiger partial charge in [-0.3, -0.25) is 9.59 Å². The SMILES string of the molecule is O=C(/C=C/c1cc(F)cc(F)c1)c1ccc(=O)[nH]c1. The van der Waals surface area contributed by atoms with Gasteiger partial charge in [-0.2, -0.15) is 0 Å². The van der Waals surface area contributed by atoms with Gasteiger partial charge in [0.1, 0.15) is 11.6 Å². The van der Waals surface area contributed by atoms with Crippen LogP contribution < -0.4 is 5.56 Å². The van der Waals surface area contributed by atoms with Gasteiger partial charge < -0.3 is 4.98 Å². The summed E-state index contributed by atoms with van der Waals surface area (Å²) in [5.74, 6) is -1.80. The van der Waals surface area contributed by atoms with E-state index in [4.69, 9.17) is 0 Å². The molecule has 0 unspecified atom stereocenters. The van der Waals surface area contributed by atoms with Gasteiger partial charge in [-0.25, -0.2) is 8.78 Å². The molecule has 0 aliphatic heterocycles. The molecule has 0 atom stereocenters. The Morgan fingerprint density at radius 3 is 2.37 bits per heavy atom. The van der Waals surface area contributed by atoms with E-state index in [1.807, 2.05) is 0 Å². The number of carbonyl (C=O) groups is 1. The smallest absolute Gasteiger partial charge is 0.247 e. The van der Waals surface area contributed by atoms with Crippen LogP contribution in [0.15, 0.2) is 47.4 Å². The first-order valence-corrected chi connectivity index (χ1v) is 5.42. The van der Waals surface area contributed by atoms with Crippen molar-refractivity contribution in [3.8, 4) is 0 Å². The Morgan fingerprint density at radius 1 is 1.11 bits per heavy atom. The molecule has 0 aliphatic carbocycles. The van der Waals surface area contributed by atoms with Gasteiger partial charge in [0.25, 0.3) is 0 Å². The van der Waals surface area contributed by atoms with Gasteiger partial charge in [-0.05, 0) is 29.8 Å². The minimum absolute atomic E-state index is 0.246. The number of ketones is 1. The maximum Gasteiger partial charge on any atom is 0.247 e. The number of pyridine rings is 1. The third kappa shape index (κ3) is 3.45. The quantitative estimate of drug-likeness (QED) is 0.682. The lowest BCUT2D eigenvalue weighted by molar-refractivity contribution is 0.104. The second kappa shape index (κ2) is 5.39. The van der Waals surface area contributed by atoms with Crippen LogP contribution in [0.5, 0.6) is 0 Å². The fourth-order valence-corrected chi connectivity index (χ4v) is 1.50. The third-order valence-electron chi connectivity index (χ3n) is 2.38. The van der Waals surface area contributed by atoms with Crippen molar-refractivity contribution in [2.45, 2.75) is 0 Å². The fourth-order valence-electron chi connectivity index (χ4n) is 1.50. The van der Waals surface area contributed by atoms with Gasteiger partial charge in [-0.15, -0.1) is 0 Å². The highest BCUT2D eigenvalue weighted by Crippen LogP contribution is 2.10. The molecule has 1 aromatic carbocycles. The van der Waals surface area contributed by atoms with E-state index >= 15 is 0 Å². The molecule has 2 aromatic rings. The van der Waals surface area contributed by atoms with E-state index in [-0.39, 0.29) is 22.5 Å². The summed E-state index contributed by atoms with van der Waals surface area (Å²) in [5.41, 5.74) is 0.218. The number of aromatic amines is 1. The molecule has 1 aromatic heterocycles. The number of hydrogen-bond donors (Lipinski definition) is 1. The Bertz CT molecular complexity index is 664. The summed E-state index contributed by atoms with van der Waals surface area (Å²) < 4.78 is 25.8. The summed E-state index contributed by atoms with van der Waals surface area (Å²) in [6.07, 6.45) is 3.77. The molecule has 0 aliphatic rings. The van der Waals surface area contributed by atoms with Crippen LogP contribution in [-0.2, 0) is 0 Å². The van der Waals surface area contributed by atoms with Gasteiger partial charge >= 0.3 is 0 Å².